The molecule has 0 atom stereocenters. The molecule has 0 aliphatic rings. The Kier molecular flexibility index (Phi) is 2.37. The number of hydrogen-bond acceptors (Lipinski definition) is 4. The van der Waals surface area contributed by atoms with E-state index in [1.807, 2.05) is 18.2 Å². The Morgan fingerprint density at radius 1 is 1.31 bits per heavy atom. The van der Waals surface area contributed by atoms with Gasteiger partial charge in [-0.05, 0) is 34.1 Å². The number of hydrogen-bond donors (Lipinski definition) is 2. The number of nitrogens with one attached hydrogen (secondary N) is 1. The topological polar surface area (TPSA) is 37.8 Å². The number of fused-ring (bicyclic) bond motifs is 1. The molecule has 1 N–H and O–H groups in total. The summed E-state index contributed by atoms with van der Waals surface area (Å²) in [4.78, 5) is 8.47. The van der Waals surface area contributed by atoms with Crippen LogP contribution in [0.2, 0.25) is 0 Å². The first-order chi connectivity index (χ1) is 6.29. The van der Waals surface area contributed by atoms with Crippen molar-refractivity contribution in [1.29, 1.82) is 0 Å². The van der Waals surface area contributed by atoms with Gasteiger partial charge in [0, 0.05) is 10.7 Å². The van der Waals surface area contributed by atoms with Crippen LogP contribution in [0.1, 0.15) is 0 Å². The molecule has 0 spiro atoms. The summed E-state index contributed by atoms with van der Waals surface area (Å²) in [5.74, 6) is 0.718. The van der Waals surface area contributed by atoms with Gasteiger partial charge in [-0.15, -0.1) is 0 Å². The Morgan fingerprint density at radius 3 is 2.92 bits per heavy atom. The summed E-state index contributed by atoms with van der Waals surface area (Å²) >= 11 is 7.25. The Bertz CT molecular complexity index is 446. The number of thiol groups is 1. The zero-order valence-corrected chi connectivity index (χ0v) is 9.01. The molecule has 0 fully saturated rings. The molecule has 2 rings (SSSR count). The molecule has 0 amide bonds. The van der Waals surface area contributed by atoms with E-state index in [1.54, 1.807) is 6.20 Å². The van der Waals surface area contributed by atoms with Crippen LogP contribution in [0.25, 0.3) is 11.0 Å². The van der Waals surface area contributed by atoms with Gasteiger partial charge < -0.3 is 4.72 Å². The van der Waals surface area contributed by atoms with Crippen LogP contribution in [-0.2, 0) is 0 Å². The second-order valence-corrected chi connectivity index (χ2v) is 3.64. The molecule has 13 heavy (non-hydrogen) atoms. The van der Waals surface area contributed by atoms with Crippen molar-refractivity contribution in [2.75, 3.05) is 4.72 Å². The number of nitrogens with zero attached hydrogens (tertiary/aromatic N) is 2. The Morgan fingerprint density at radius 2 is 2.15 bits per heavy atom. The van der Waals surface area contributed by atoms with Crippen LogP contribution in [0, 0.1) is 0 Å². The third-order valence-electron chi connectivity index (χ3n) is 1.62. The Hall–Kier alpha value is -0.810. The normalized spacial score (nSPS) is 10.3. The molecular formula is C8H6BrN3S. The molecule has 5 heteroatoms. The molecule has 0 radical (unpaired) electrons. The maximum absolute atomic E-state index is 4.27. The van der Waals surface area contributed by atoms with Gasteiger partial charge >= 0.3 is 0 Å². The van der Waals surface area contributed by atoms with E-state index in [0.717, 1.165) is 21.3 Å². The number of pyridine rings is 2. The largest absolute Gasteiger partial charge is 0.317 e. The van der Waals surface area contributed by atoms with Crippen LogP contribution >= 0.6 is 28.7 Å². The van der Waals surface area contributed by atoms with Crippen LogP contribution in [0.5, 0.6) is 0 Å². The molecule has 0 unspecified atom stereocenters. The van der Waals surface area contributed by atoms with Crippen molar-refractivity contribution in [1.82, 2.24) is 9.97 Å². The van der Waals surface area contributed by atoms with Crippen molar-refractivity contribution in [2.45, 2.75) is 0 Å². The SMILES string of the molecule is SNc1ccc2ncc(Br)cc2n1. The zero-order valence-electron chi connectivity index (χ0n) is 6.53. The minimum absolute atomic E-state index is 0.718. The standard InChI is InChI=1S/C8H6BrN3S/c9-5-3-7-6(10-4-5)1-2-8(11-7)12-13/h1-4,13H,(H,11,12). The van der Waals surface area contributed by atoms with E-state index in [0.29, 0.717) is 0 Å². The fraction of sp³-hybridized carbons (Fsp3) is 0. The van der Waals surface area contributed by atoms with Gasteiger partial charge in [0.2, 0.25) is 0 Å². The predicted octanol–water partition coefficient (Wildman–Crippen LogP) is 2.65. The van der Waals surface area contributed by atoms with E-state index in [4.69, 9.17) is 0 Å². The molecule has 66 valence electrons. The van der Waals surface area contributed by atoms with Crippen molar-refractivity contribution in [3.05, 3.63) is 28.9 Å². The average Bonchev–Trinajstić information content (AvgIpc) is 2.16. The van der Waals surface area contributed by atoms with Crippen LogP contribution in [0.4, 0.5) is 5.82 Å². The van der Waals surface area contributed by atoms with Crippen molar-refractivity contribution in [3.8, 4) is 0 Å². The highest BCUT2D eigenvalue weighted by molar-refractivity contribution is 9.10. The zero-order chi connectivity index (χ0) is 9.26. The molecule has 2 heterocycles. The number of rotatable bonds is 1. The minimum Gasteiger partial charge on any atom is -0.317 e. The van der Waals surface area contributed by atoms with Crippen LogP contribution in [0.15, 0.2) is 28.9 Å². The molecule has 0 aliphatic heterocycles. The number of aromatic nitrogens is 2. The van der Waals surface area contributed by atoms with Gasteiger partial charge in [0.15, 0.2) is 0 Å². The lowest BCUT2D eigenvalue weighted by atomic mass is 10.3. The summed E-state index contributed by atoms with van der Waals surface area (Å²) in [5, 5.41) is 0. The van der Waals surface area contributed by atoms with E-state index >= 15 is 0 Å². The van der Waals surface area contributed by atoms with Crippen molar-refractivity contribution < 1.29 is 0 Å². The summed E-state index contributed by atoms with van der Waals surface area (Å²) < 4.78 is 3.60. The molecule has 0 saturated carbocycles. The number of anilines is 1. The minimum atomic E-state index is 0.718. The second-order valence-electron chi connectivity index (χ2n) is 2.50. The second kappa shape index (κ2) is 3.51. The smallest absolute Gasteiger partial charge is 0.136 e. The maximum Gasteiger partial charge on any atom is 0.136 e. The van der Waals surface area contributed by atoms with Gasteiger partial charge in [0.05, 0.1) is 11.0 Å². The van der Waals surface area contributed by atoms with Crippen molar-refractivity contribution in [3.63, 3.8) is 0 Å². The van der Waals surface area contributed by atoms with E-state index < -0.39 is 0 Å². The first kappa shape index (κ1) is 8.77. The summed E-state index contributed by atoms with van der Waals surface area (Å²) in [6.45, 7) is 0. The molecule has 0 aliphatic carbocycles. The highest BCUT2D eigenvalue weighted by Gasteiger charge is 1.98. The van der Waals surface area contributed by atoms with Crippen LogP contribution in [0.3, 0.4) is 0 Å². The fourth-order valence-electron chi connectivity index (χ4n) is 1.04. The third-order valence-corrected chi connectivity index (χ3v) is 2.28. The van der Waals surface area contributed by atoms with Crippen LogP contribution < -0.4 is 4.72 Å². The van der Waals surface area contributed by atoms with E-state index in [2.05, 4.69) is 43.4 Å². The van der Waals surface area contributed by atoms with Gasteiger partial charge in [0.25, 0.3) is 0 Å². The quantitative estimate of drug-likeness (QED) is 0.770. The monoisotopic (exact) mass is 255 g/mol. The Balaban J connectivity index is 2.68. The molecule has 2 aromatic heterocycles. The summed E-state index contributed by atoms with van der Waals surface area (Å²) in [6, 6.07) is 5.64. The van der Waals surface area contributed by atoms with Gasteiger partial charge in [-0.3, -0.25) is 4.98 Å². The van der Waals surface area contributed by atoms with Crippen LogP contribution in [-0.4, -0.2) is 9.97 Å². The molecule has 0 saturated heterocycles. The van der Waals surface area contributed by atoms with Gasteiger partial charge in [-0.1, -0.05) is 12.8 Å². The average molecular weight is 256 g/mol. The lowest BCUT2D eigenvalue weighted by molar-refractivity contribution is 1.33. The fourth-order valence-corrected chi connectivity index (χ4v) is 1.49. The maximum atomic E-state index is 4.27. The van der Waals surface area contributed by atoms with E-state index in [9.17, 15) is 0 Å². The van der Waals surface area contributed by atoms with Crippen molar-refractivity contribution >= 4 is 45.6 Å². The van der Waals surface area contributed by atoms with Gasteiger partial charge in [-0.2, -0.15) is 0 Å². The molecule has 3 nitrogen and oxygen atoms in total. The highest BCUT2D eigenvalue weighted by atomic mass is 79.9. The molecule has 0 bridgehead atoms. The van der Waals surface area contributed by atoms with E-state index in [-0.39, 0.29) is 0 Å². The molecule has 2 aromatic rings. The summed E-state index contributed by atoms with van der Waals surface area (Å²) in [7, 11) is 0. The molecule has 0 aromatic carbocycles. The first-order valence-corrected chi connectivity index (χ1v) is 4.86. The Labute approximate surface area is 89.3 Å². The van der Waals surface area contributed by atoms with Gasteiger partial charge in [-0.25, -0.2) is 4.98 Å². The van der Waals surface area contributed by atoms with Gasteiger partial charge in [0.1, 0.15) is 5.82 Å². The number of halogens is 1. The summed E-state index contributed by atoms with van der Waals surface area (Å²) in [5.41, 5.74) is 1.71. The van der Waals surface area contributed by atoms with Crippen molar-refractivity contribution in [2.24, 2.45) is 0 Å². The molecular weight excluding hydrogens is 250 g/mol. The van der Waals surface area contributed by atoms with E-state index in [1.165, 1.54) is 0 Å². The summed E-state index contributed by atoms with van der Waals surface area (Å²) in [6.07, 6.45) is 1.75. The lowest BCUT2D eigenvalue weighted by Gasteiger charge is -2.00. The highest BCUT2D eigenvalue weighted by Crippen LogP contribution is 2.17. The first-order valence-electron chi connectivity index (χ1n) is 3.62. The lowest BCUT2D eigenvalue weighted by Crippen LogP contribution is -1.88. The predicted molar refractivity (Wildman–Crippen MR) is 59.8 cm³/mol. The third kappa shape index (κ3) is 1.76.